The molecule has 0 saturated heterocycles. The Morgan fingerprint density at radius 3 is 2.70 bits per heavy atom. The highest BCUT2D eigenvalue weighted by Gasteiger charge is 2.40. The Morgan fingerprint density at radius 1 is 1.40 bits per heavy atom. The van der Waals surface area contributed by atoms with Gasteiger partial charge in [-0.25, -0.2) is 4.79 Å². The Hall–Kier alpha value is -2.91. The highest BCUT2D eigenvalue weighted by atomic mass is 32.1. The Kier molecular flexibility index (Phi) is 6.42. The summed E-state index contributed by atoms with van der Waals surface area (Å²) in [7, 11) is 1.50. The van der Waals surface area contributed by atoms with Crippen molar-refractivity contribution in [1.29, 1.82) is 0 Å². The van der Waals surface area contributed by atoms with Crippen LogP contribution in [0.4, 0.5) is 4.79 Å². The number of carboxylic acid groups (broad SMARTS) is 1. The van der Waals surface area contributed by atoms with Gasteiger partial charge in [0.2, 0.25) is 5.91 Å². The number of allylic oxidation sites excluding steroid dienone is 2. The van der Waals surface area contributed by atoms with Crippen LogP contribution < -0.4 is 5.73 Å². The molecule has 1 aromatic rings. The lowest BCUT2D eigenvalue weighted by molar-refractivity contribution is -0.130. The van der Waals surface area contributed by atoms with Crippen LogP contribution in [0.15, 0.2) is 47.0 Å². The molecule has 3 rings (SSSR count). The van der Waals surface area contributed by atoms with Gasteiger partial charge in [0.15, 0.2) is 5.78 Å². The number of fused-ring (bicyclic) bond motifs is 1. The first-order chi connectivity index (χ1) is 14.2. The van der Waals surface area contributed by atoms with Gasteiger partial charge < -0.3 is 20.5 Å². The van der Waals surface area contributed by atoms with E-state index in [4.69, 9.17) is 10.5 Å². The van der Waals surface area contributed by atoms with Crippen molar-refractivity contribution in [3.05, 3.63) is 51.9 Å². The highest BCUT2D eigenvalue weighted by molar-refractivity contribution is 7.11. The molecule has 0 spiro atoms. The average molecular weight is 432 g/mol. The van der Waals surface area contributed by atoms with Crippen LogP contribution in [0, 0.1) is 5.92 Å². The average Bonchev–Trinajstić information content (AvgIpc) is 3.19. The quantitative estimate of drug-likeness (QED) is 0.685. The zero-order valence-corrected chi connectivity index (χ0v) is 17.9. The molecule has 2 amide bonds. The number of Topliss-reactive ketones (excluding diaryl/α,β-unsaturated/α-hetero) is 1. The van der Waals surface area contributed by atoms with E-state index in [1.165, 1.54) is 23.3 Å². The summed E-state index contributed by atoms with van der Waals surface area (Å²) in [6.45, 7) is 4.34. The number of nitrogens with zero attached hydrogens (tertiary/aromatic N) is 2. The molecule has 0 radical (unpaired) electrons. The number of carbonyl (C=O) groups excluding carboxylic acids is 2. The third-order valence-electron chi connectivity index (χ3n) is 4.83. The van der Waals surface area contributed by atoms with Gasteiger partial charge in [-0.15, -0.1) is 11.3 Å². The lowest BCUT2D eigenvalue weighted by Gasteiger charge is -2.43. The molecular weight excluding hydrogens is 406 g/mol. The number of ketones is 1. The number of ether oxygens (including phenoxy) is 1. The van der Waals surface area contributed by atoms with Crippen molar-refractivity contribution in [3.8, 4) is 0 Å². The van der Waals surface area contributed by atoms with E-state index in [-0.39, 0.29) is 18.3 Å². The van der Waals surface area contributed by atoms with Crippen LogP contribution in [0.2, 0.25) is 0 Å². The van der Waals surface area contributed by atoms with Crippen molar-refractivity contribution in [2.24, 2.45) is 11.7 Å². The van der Waals surface area contributed by atoms with Gasteiger partial charge in [-0.05, 0) is 23.4 Å². The minimum atomic E-state index is -1.10. The summed E-state index contributed by atoms with van der Waals surface area (Å²) in [5, 5.41) is 11.6. The highest BCUT2D eigenvalue weighted by Crippen LogP contribution is 2.41. The van der Waals surface area contributed by atoms with Gasteiger partial charge >= 0.3 is 6.09 Å². The zero-order chi connectivity index (χ0) is 22.0. The van der Waals surface area contributed by atoms with Crippen LogP contribution in [0.3, 0.4) is 0 Å². The molecule has 0 bridgehead atoms. The SMILES string of the molecule is CC(C)CN1C=C2C=CC(OCC(N)=O)C(=O)C2=C(c2cccs2)C1N(C)C(=O)O. The maximum Gasteiger partial charge on any atom is 0.408 e. The summed E-state index contributed by atoms with van der Waals surface area (Å²) < 4.78 is 5.39. The maximum atomic E-state index is 13.3. The predicted molar refractivity (Wildman–Crippen MR) is 114 cm³/mol. The van der Waals surface area contributed by atoms with Crippen LogP contribution in [0.1, 0.15) is 18.7 Å². The van der Waals surface area contributed by atoms with E-state index in [0.29, 0.717) is 23.3 Å². The van der Waals surface area contributed by atoms with Gasteiger partial charge in [-0.2, -0.15) is 0 Å². The molecule has 2 unspecified atom stereocenters. The number of likely N-dealkylation sites (N-methyl/N-ethyl adjacent to an activating group) is 1. The molecule has 8 nitrogen and oxygen atoms in total. The van der Waals surface area contributed by atoms with Crippen molar-refractivity contribution in [3.63, 3.8) is 0 Å². The first-order valence-corrected chi connectivity index (χ1v) is 10.4. The molecule has 2 aliphatic rings. The number of carbonyl (C=O) groups is 3. The van der Waals surface area contributed by atoms with E-state index in [1.54, 1.807) is 12.2 Å². The van der Waals surface area contributed by atoms with Gasteiger partial charge in [0.25, 0.3) is 0 Å². The number of thiophene rings is 1. The second-order valence-electron chi connectivity index (χ2n) is 7.63. The number of nitrogens with two attached hydrogens (primary N) is 1. The molecule has 3 N–H and O–H groups in total. The number of hydrogen-bond donors (Lipinski definition) is 2. The van der Waals surface area contributed by atoms with E-state index in [9.17, 15) is 19.5 Å². The molecule has 0 fully saturated rings. The first kappa shape index (κ1) is 21.8. The molecular formula is C21H25N3O5S. The van der Waals surface area contributed by atoms with E-state index in [2.05, 4.69) is 13.8 Å². The van der Waals surface area contributed by atoms with Crippen LogP contribution in [0.5, 0.6) is 0 Å². The molecule has 1 aliphatic carbocycles. The van der Waals surface area contributed by atoms with Gasteiger partial charge in [-0.3, -0.25) is 14.5 Å². The summed E-state index contributed by atoms with van der Waals surface area (Å²) in [6, 6.07) is 3.73. The summed E-state index contributed by atoms with van der Waals surface area (Å²) in [5.74, 6) is -0.714. The fraction of sp³-hybridized carbons (Fsp3) is 0.381. The fourth-order valence-electron chi connectivity index (χ4n) is 3.67. The number of hydrogen-bond acceptors (Lipinski definition) is 6. The molecule has 0 saturated carbocycles. The first-order valence-electron chi connectivity index (χ1n) is 9.54. The molecule has 30 heavy (non-hydrogen) atoms. The maximum absolute atomic E-state index is 13.3. The second-order valence-corrected chi connectivity index (χ2v) is 8.58. The second kappa shape index (κ2) is 8.85. The van der Waals surface area contributed by atoms with E-state index in [0.717, 1.165) is 4.88 Å². The topological polar surface area (TPSA) is 113 Å². The number of amides is 2. The Balaban J connectivity index is 2.17. The Labute approximate surface area is 178 Å². The lowest BCUT2D eigenvalue weighted by Crippen LogP contribution is -2.51. The Bertz CT molecular complexity index is 932. The summed E-state index contributed by atoms with van der Waals surface area (Å²) in [6.07, 6.45) is 2.49. The van der Waals surface area contributed by atoms with Crippen molar-refractivity contribution < 1.29 is 24.2 Å². The van der Waals surface area contributed by atoms with E-state index in [1.807, 2.05) is 28.6 Å². The minimum Gasteiger partial charge on any atom is -0.465 e. The fourth-order valence-corrected chi connectivity index (χ4v) is 4.46. The number of primary amides is 1. The van der Waals surface area contributed by atoms with Gasteiger partial charge in [0, 0.05) is 41.4 Å². The van der Waals surface area contributed by atoms with E-state index < -0.39 is 24.3 Å². The van der Waals surface area contributed by atoms with Gasteiger partial charge in [-0.1, -0.05) is 26.0 Å². The summed E-state index contributed by atoms with van der Waals surface area (Å²) in [4.78, 5) is 40.3. The van der Waals surface area contributed by atoms with Crippen LogP contribution in [-0.2, 0) is 14.3 Å². The molecule has 0 aromatic carbocycles. The molecule has 160 valence electrons. The third-order valence-corrected chi connectivity index (χ3v) is 5.73. The molecule has 1 aliphatic heterocycles. The predicted octanol–water partition coefficient (Wildman–Crippen LogP) is 2.30. The summed E-state index contributed by atoms with van der Waals surface area (Å²) >= 11 is 1.44. The molecule has 9 heteroatoms. The normalized spacial score (nSPS) is 21.0. The number of rotatable bonds is 7. The van der Waals surface area contributed by atoms with Crippen molar-refractivity contribution in [1.82, 2.24) is 9.80 Å². The third kappa shape index (κ3) is 4.31. The lowest BCUT2D eigenvalue weighted by atomic mass is 9.84. The van der Waals surface area contributed by atoms with Crippen LogP contribution >= 0.6 is 11.3 Å². The largest absolute Gasteiger partial charge is 0.465 e. The molecule has 1 aromatic heterocycles. The van der Waals surface area contributed by atoms with E-state index >= 15 is 0 Å². The van der Waals surface area contributed by atoms with Gasteiger partial charge in [0.1, 0.15) is 18.9 Å². The molecule has 2 atom stereocenters. The van der Waals surface area contributed by atoms with Crippen molar-refractivity contribution in [2.45, 2.75) is 26.1 Å². The smallest absolute Gasteiger partial charge is 0.408 e. The summed E-state index contributed by atoms with van der Waals surface area (Å²) in [5.41, 5.74) is 6.87. The van der Waals surface area contributed by atoms with Gasteiger partial charge in [0.05, 0.1) is 0 Å². The standard InChI is InChI=1S/C21H25N3O5S/c1-12(2)9-24-10-13-6-7-14(29-11-16(22)25)19(26)17(13)18(15-5-4-8-30-15)20(24)23(3)21(27)28/h4-8,10,12,14,20H,9,11H2,1-3H3,(H2,22,25)(H,27,28). The monoisotopic (exact) mass is 431 g/mol. The van der Waals surface area contributed by atoms with Crippen molar-refractivity contribution in [2.75, 3.05) is 20.2 Å². The molecule has 2 heterocycles. The Morgan fingerprint density at radius 2 is 2.13 bits per heavy atom. The van der Waals surface area contributed by atoms with Crippen LogP contribution in [0.25, 0.3) is 5.57 Å². The van der Waals surface area contributed by atoms with Crippen LogP contribution in [-0.4, -0.2) is 65.2 Å². The minimum absolute atomic E-state index is 0.271. The zero-order valence-electron chi connectivity index (χ0n) is 17.1. The van der Waals surface area contributed by atoms with Crippen molar-refractivity contribution >= 4 is 34.7 Å².